The molecular weight excluding hydrogens is 268 g/mol. The average molecular weight is 286 g/mol. The van der Waals surface area contributed by atoms with Gasteiger partial charge in [0.2, 0.25) is 0 Å². The van der Waals surface area contributed by atoms with Crippen molar-refractivity contribution < 1.29 is 0 Å². The molecule has 4 rings (SSSR count). The Labute approximate surface area is 130 Å². The van der Waals surface area contributed by atoms with E-state index in [0.717, 1.165) is 0 Å². The molecular formula is C20H18N2. The number of nitrogens with zero attached hydrogens (tertiary/aromatic N) is 1. The van der Waals surface area contributed by atoms with Crippen LogP contribution in [-0.4, -0.2) is 0 Å². The van der Waals surface area contributed by atoms with Crippen LogP contribution in [0, 0.1) is 0 Å². The van der Waals surface area contributed by atoms with Crippen LogP contribution in [0.4, 0.5) is 17.1 Å². The molecule has 2 heteroatoms. The molecule has 22 heavy (non-hydrogen) atoms. The number of allylic oxidation sites excluding steroid dienone is 4. The maximum Gasteiger partial charge on any atom is 0.0773 e. The molecule has 0 spiro atoms. The van der Waals surface area contributed by atoms with Gasteiger partial charge in [0.15, 0.2) is 0 Å². The molecule has 0 radical (unpaired) electrons. The Morgan fingerprint density at radius 3 is 2.32 bits per heavy atom. The van der Waals surface area contributed by atoms with Crippen LogP contribution >= 0.6 is 0 Å². The maximum atomic E-state index is 3.55. The lowest BCUT2D eigenvalue weighted by molar-refractivity contribution is 1.13. The highest BCUT2D eigenvalue weighted by molar-refractivity contribution is 5.86. The number of para-hydroxylation sites is 1. The Balaban J connectivity index is 2.02. The van der Waals surface area contributed by atoms with E-state index in [-0.39, 0.29) is 0 Å². The Kier molecular flexibility index (Phi) is 2.90. The minimum Gasteiger partial charge on any atom is -0.357 e. The summed E-state index contributed by atoms with van der Waals surface area (Å²) in [4.78, 5) is 2.33. The van der Waals surface area contributed by atoms with E-state index in [1.807, 2.05) is 0 Å². The van der Waals surface area contributed by atoms with Crippen LogP contribution in [-0.2, 0) is 0 Å². The molecule has 0 unspecified atom stereocenters. The van der Waals surface area contributed by atoms with E-state index in [0.29, 0.717) is 0 Å². The molecule has 0 aromatic heterocycles. The summed E-state index contributed by atoms with van der Waals surface area (Å²) in [7, 11) is 0. The van der Waals surface area contributed by atoms with Crippen molar-refractivity contribution in [1.29, 1.82) is 0 Å². The molecule has 2 aliphatic heterocycles. The van der Waals surface area contributed by atoms with Gasteiger partial charge in [0, 0.05) is 27.5 Å². The van der Waals surface area contributed by atoms with Crippen molar-refractivity contribution in [2.75, 3.05) is 10.2 Å². The fourth-order valence-corrected chi connectivity index (χ4v) is 3.09. The molecule has 0 bridgehead atoms. The number of rotatable bonds is 1. The van der Waals surface area contributed by atoms with E-state index in [4.69, 9.17) is 0 Å². The van der Waals surface area contributed by atoms with Gasteiger partial charge >= 0.3 is 0 Å². The van der Waals surface area contributed by atoms with Gasteiger partial charge in [-0.15, -0.1) is 0 Å². The fraction of sp³-hybridized carbons (Fsp3) is 0.100. The van der Waals surface area contributed by atoms with Crippen LogP contribution < -0.4 is 20.7 Å². The molecule has 0 aliphatic carbocycles. The second-order valence-electron chi connectivity index (χ2n) is 5.75. The van der Waals surface area contributed by atoms with E-state index in [1.165, 1.54) is 38.9 Å². The first-order chi connectivity index (χ1) is 10.7. The molecule has 2 aliphatic rings. The first-order valence-corrected chi connectivity index (χ1v) is 7.56. The average Bonchev–Trinajstić information content (AvgIpc) is 2.55. The lowest BCUT2D eigenvalue weighted by atomic mass is 10.0. The molecule has 2 aromatic carbocycles. The third-order valence-electron chi connectivity index (χ3n) is 4.17. The van der Waals surface area contributed by atoms with Gasteiger partial charge in [0.1, 0.15) is 0 Å². The van der Waals surface area contributed by atoms with E-state index in [9.17, 15) is 0 Å². The van der Waals surface area contributed by atoms with E-state index >= 15 is 0 Å². The zero-order chi connectivity index (χ0) is 15.1. The predicted octanol–water partition coefficient (Wildman–Crippen LogP) is 3.63. The Morgan fingerprint density at radius 2 is 1.50 bits per heavy atom. The van der Waals surface area contributed by atoms with Crippen molar-refractivity contribution in [3.8, 4) is 0 Å². The molecule has 2 aromatic rings. The van der Waals surface area contributed by atoms with Gasteiger partial charge in [-0.3, -0.25) is 0 Å². The monoisotopic (exact) mass is 286 g/mol. The number of benzene rings is 2. The lowest BCUT2D eigenvalue weighted by Gasteiger charge is -2.31. The predicted molar refractivity (Wildman–Crippen MR) is 94.3 cm³/mol. The van der Waals surface area contributed by atoms with Crippen molar-refractivity contribution in [1.82, 2.24) is 0 Å². The summed E-state index contributed by atoms with van der Waals surface area (Å²) in [6.07, 6.45) is 8.67. The molecule has 2 heterocycles. The topological polar surface area (TPSA) is 15.3 Å². The van der Waals surface area contributed by atoms with Crippen molar-refractivity contribution in [2.45, 2.75) is 13.8 Å². The zero-order valence-electron chi connectivity index (χ0n) is 12.8. The van der Waals surface area contributed by atoms with Gasteiger partial charge < -0.3 is 10.2 Å². The Bertz CT molecular complexity index is 918. The molecule has 0 saturated heterocycles. The second kappa shape index (κ2) is 4.92. The first kappa shape index (κ1) is 13.0. The van der Waals surface area contributed by atoms with Crippen molar-refractivity contribution in [3.63, 3.8) is 0 Å². The maximum absolute atomic E-state index is 3.55. The van der Waals surface area contributed by atoms with Gasteiger partial charge in [-0.2, -0.15) is 0 Å². The highest BCUT2D eigenvalue weighted by Crippen LogP contribution is 2.33. The quantitative estimate of drug-likeness (QED) is 0.861. The number of anilines is 3. The molecule has 0 atom stereocenters. The normalized spacial score (nSPS) is 15.5. The van der Waals surface area contributed by atoms with Crippen molar-refractivity contribution >= 4 is 29.2 Å². The molecule has 0 fully saturated rings. The summed E-state index contributed by atoms with van der Waals surface area (Å²) in [5.74, 6) is 0. The standard InChI is InChI=1S/C20H18N2/c1-14-8-10-16-12-13-17-11-9-15(2)22(20(17)19(16)21-14)18-6-4-3-5-7-18/h3-13,21H,1-2H3. The summed E-state index contributed by atoms with van der Waals surface area (Å²) in [5.41, 5.74) is 5.99. The van der Waals surface area contributed by atoms with Crippen LogP contribution in [0.25, 0.3) is 12.2 Å². The van der Waals surface area contributed by atoms with Gasteiger partial charge in [-0.1, -0.05) is 42.5 Å². The van der Waals surface area contributed by atoms with E-state index < -0.39 is 0 Å². The number of fused-ring (bicyclic) bond motifs is 3. The highest BCUT2D eigenvalue weighted by atomic mass is 15.2. The van der Waals surface area contributed by atoms with Crippen LogP contribution in [0.2, 0.25) is 0 Å². The van der Waals surface area contributed by atoms with E-state index in [1.54, 1.807) is 0 Å². The Hall–Kier alpha value is -2.74. The summed E-state index contributed by atoms with van der Waals surface area (Å²) < 4.78 is 0. The Morgan fingerprint density at radius 1 is 0.773 bits per heavy atom. The van der Waals surface area contributed by atoms with Gasteiger partial charge in [-0.05, 0) is 38.1 Å². The molecule has 108 valence electrons. The lowest BCUT2D eigenvalue weighted by Crippen LogP contribution is -2.30. The smallest absolute Gasteiger partial charge is 0.0773 e. The minimum absolute atomic E-state index is 1.17. The van der Waals surface area contributed by atoms with Crippen molar-refractivity contribution in [3.05, 3.63) is 76.4 Å². The second-order valence-corrected chi connectivity index (χ2v) is 5.75. The number of hydrogen-bond donors (Lipinski definition) is 1. The van der Waals surface area contributed by atoms with Gasteiger partial charge in [0.25, 0.3) is 0 Å². The summed E-state index contributed by atoms with van der Waals surface area (Å²) in [6.45, 7) is 4.25. The van der Waals surface area contributed by atoms with Crippen LogP contribution in [0.3, 0.4) is 0 Å². The van der Waals surface area contributed by atoms with Gasteiger partial charge in [0.05, 0.1) is 11.4 Å². The zero-order valence-corrected chi connectivity index (χ0v) is 12.8. The summed E-state index contributed by atoms with van der Waals surface area (Å²) in [6, 6.07) is 14.9. The number of hydrogen-bond acceptors (Lipinski definition) is 2. The SMILES string of the molecule is CC1=CC=c2ccc3c(c2N1)N(c1ccccc1)C(C)=CC=3. The third kappa shape index (κ3) is 1.96. The van der Waals surface area contributed by atoms with Gasteiger partial charge in [-0.25, -0.2) is 0 Å². The summed E-state index contributed by atoms with van der Waals surface area (Å²) >= 11 is 0. The van der Waals surface area contributed by atoms with Crippen LogP contribution in [0.15, 0.2) is 66.0 Å². The summed E-state index contributed by atoms with van der Waals surface area (Å²) in [5, 5.41) is 6.02. The molecule has 2 nitrogen and oxygen atoms in total. The minimum atomic E-state index is 1.17. The molecule has 0 saturated carbocycles. The highest BCUT2D eigenvalue weighted by Gasteiger charge is 2.20. The molecule has 1 N–H and O–H groups in total. The third-order valence-corrected chi connectivity index (χ3v) is 4.17. The van der Waals surface area contributed by atoms with Crippen LogP contribution in [0.1, 0.15) is 13.8 Å². The first-order valence-electron chi connectivity index (χ1n) is 7.56. The van der Waals surface area contributed by atoms with E-state index in [2.05, 4.69) is 90.8 Å². The molecule has 0 amide bonds. The number of nitrogens with one attached hydrogen (secondary N) is 1. The van der Waals surface area contributed by atoms with Crippen molar-refractivity contribution in [2.24, 2.45) is 0 Å². The van der Waals surface area contributed by atoms with Crippen LogP contribution in [0.5, 0.6) is 0 Å². The largest absolute Gasteiger partial charge is 0.357 e. The fourth-order valence-electron chi connectivity index (χ4n) is 3.09.